The SMILES string of the molecule is CC(=O)N1CC([C@H](c2nc(-c3cc(F)ccc3F)cn2Cc2ccccc2)N2C[C@@H]3C(NC[C@@H]3F)[C@H](O)C2=O)C1. The molecule has 40 heavy (non-hydrogen) atoms. The van der Waals surface area contributed by atoms with Crippen LogP contribution in [0, 0.1) is 23.5 Å². The van der Waals surface area contributed by atoms with E-state index in [1.54, 1.807) is 15.7 Å². The first-order valence-corrected chi connectivity index (χ1v) is 13.4. The fourth-order valence-electron chi connectivity index (χ4n) is 6.21. The Morgan fingerprint density at radius 2 is 1.90 bits per heavy atom. The normalized spacial score (nSPS) is 25.6. The highest BCUT2D eigenvalue weighted by atomic mass is 19.1. The molecule has 1 aromatic heterocycles. The average molecular weight is 554 g/mol. The first kappa shape index (κ1) is 26.5. The molecule has 2 N–H and O–H groups in total. The summed E-state index contributed by atoms with van der Waals surface area (Å²) >= 11 is 0. The number of nitrogens with one attached hydrogen (secondary N) is 1. The Hall–Kier alpha value is -3.70. The molecule has 0 spiro atoms. The highest BCUT2D eigenvalue weighted by Crippen LogP contribution is 2.40. The summed E-state index contributed by atoms with van der Waals surface area (Å²) in [6.45, 7) is 2.57. The van der Waals surface area contributed by atoms with Crippen molar-refractivity contribution in [2.24, 2.45) is 11.8 Å². The van der Waals surface area contributed by atoms with Crippen LogP contribution in [0.25, 0.3) is 11.3 Å². The minimum atomic E-state index is -1.44. The van der Waals surface area contributed by atoms with Crippen molar-refractivity contribution in [2.45, 2.75) is 37.8 Å². The minimum absolute atomic E-state index is 0.0281. The third-order valence-electron chi connectivity index (χ3n) is 8.37. The van der Waals surface area contributed by atoms with Crippen LogP contribution in [-0.2, 0) is 16.1 Å². The van der Waals surface area contributed by atoms with E-state index in [4.69, 9.17) is 4.98 Å². The van der Waals surface area contributed by atoms with Crippen LogP contribution in [-0.4, -0.2) is 80.8 Å². The van der Waals surface area contributed by atoms with Gasteiger partial charge in [-0.15, -0.1) is 0 Å². The molecule has 0 bridgehead atoms. The van der Waals surface area contributed by atoms with Gasteiger partial charge in [-0.3, -0.25) is 9.59 Å². The van der Waals surface area contributed by atoms with Gasteiger partial charge in [0.05, 0.1) is 11.7 Å². The molecular weight excluding hydrogens is 523 g/mol. The molecule has 0 aliphatic carbocycles. The maximum absolute atomic E-state index is 14.9. The largest absolute Gasteiger partial charge is 0.382 e. The summed E-state index contributed by atoms with van der Waals surface area (Å²) in [5.74, 6) is -2.41. The van der Waals surface area contributed by atoms with Crippen LogP contribution < -0.4 is 5.32 Å². The second kappa shape index (κ2) is 10.4. The van der Waals surface area contributed by atoms with Gasteiger partial charge in [0.1, 0.15) is 29.7 Å². The number of nitrogens with zero attached hydrogens (tertiary/aromatic N) is 4. The Balaban J connectivity index is 1.46. The molecule has 3 aromatic rings. The number of hydrogen-bond acceptors (Lipinski definition) is 5. The molecule has 0 radical (unpaired) electrons. The Morgan fingerprint density at radius 1 is 1.15 bits per heavy atom. The van der Waals surface area contributed by atoms with E-state index in [0.29, 0.717) is 25.5 Å². The molecule has 4 heterocycles. The van der Waals surface area contributed by atoms with Crippen molar-refractivity contribution in [1.29, 1.82) is 0 Å². The summed E-state index contributed by atoms with van der Waals surface area (Å²) in [4.78, 5) is 33.5. The van der Waals surface area contributed by atoms with E-state index in [2.05, 4.69) is 5.32 Å². The molecule has 3 aliphatic rings. The number of aliphatic hydroxyl groups excluding tert-OH is 1. The van der Waals surface area contributed by atoms with Crippen LogP contribution in [0.3, 0.4) is 0 Å². The lowest BCUT2D eigenvalue weighted by Gasteiger charge is -2.49. The van der Waals surface area contributed by atoms with Crippen LogP contribution in [0.5, 0.6) is 0 Å². The molecule has 0 saturated carbocycles. The zero-order valence-electron chi connectivity index (χ0n) is 21.9. The molecule has 1 unspecified atom stereocenters. The number of likely N-dealkylation sites (tertiary alicyclic amines) is 2. The van der Waals surface area contributed by atoms with E-state index >= 15 is 0 Å². The highest BCUT2D eigenvalue weighted by molar-refractivity contribution is 5.83. The molecule has 11 heteroatoms. The lowest BCUT2D eigenvalue weighted by atomic mass is 9.84. The topological polar surface area (TPSA) is 90.7 Å². The number of fused-ring (bicyclic) bond motifs is 1. The zero-order valence-corrected chi connectivity index (χ0v) is 21.9. The molecule has 3 saturated heterocycles. The Kier molecular flexibility index (Phi) is 6.87. The lowest BCUT2D eigenvalue weighted by molar-refractivity contribution is -0.157. The number of hydrogen-bond donors (Lipinski definition) is 2. The monoisotopic (exact) mass is 553 g/mol. The molecular formula is C29H30F3N5O3. The van der Waals surface area contributed by atoms with Crippen molar-refractivity contribution in [2.75, 3.05) is 26.2 Å². The second-order valence-corrected chi connectivity index (χ2v) is 10.9. The predicted octanol–water partition coefficient (Wildman–Crippen LogP) is 2.53. The van der Waals surface area contributed by atoms with E-state index in [-0.39, 0.29) is 36.2 Å². The van der Waals surface area contributed by atoms with Crippen LogP contribution in [0.4, 0.5) is 13.2 Å². The molecule has 3 fully saturated rings. The number of aromatic nitrogens is 2. The van der Waals surface area contributed by atoms with Gasteiger partial charge in [-0.2, -0.15) is 0 Å². The summed E-state index contributed by atoms with van der Waals surface area (Å²) in [5.41, 5.74) is 1.07. The third-order valence-corrected chi connectivity index (χ3v) is 8.37. The Bertz CT molecular complexity index is 1430. The number of alkyl halides is 1. The molecule has 6 rings (SSSR count). The molecule has 2 aromatic carbocycles. The molecule has 3 aliphatic heterocycles. The van der Waals surface area contributed by atoms with Crippen molar-refractivity contribution < 1.29 is 27.9 Å². The fraction of sp³-hybridized carbons (Fsp3) is 0.414. The van der Waals surface area contributed by atoms with Crippen molar-refractivity contribution in [1.82, 2.24) is 24.7 Å². The van der Waals surface area contributed by atoms with Gasteiger partial charge in [-0.25, -0.2) is 18.2 Å². The lowest BCUT2D eigenvalue weighted by Crippen LogP contribution is -2.63. The predicted molar refractivity (Wildman–Crippen MR) is 140 cm³/mol. The van der Waals surface area contributed by atoms with Gasteiger partial charge < -0.3 is 24.8 Å². The number of piperidine rings is 1. The van der Waals surface area contributed by atoms with E-state index in [1.165, 1.54) is 11.8 Å². The first-order valence-electron chi connectivity index (χ1n) is 13.4. The van der Waals surface area contributed by atoms with E-state index in [1.807, 2.05) is 30.3 Å². The van der Waals surface area contributed by atoms with Crippen LogP contribution in [0.1, 0.15) is 24.4 Å². The Labute approximate surface area is 229 Å². The van der Waals surface area contributed by atoms with Gasteiger partial charge in [0, 0.05) is 69.3 Å². The first-order chi connectivity index (χ1) is 19.2. The fourth-order valence-corrected chi connectivity index (χ4v) is 6.21. The number of imidazole rings is 1. The quantitative estimate of drug-likeness (QED) is 0.490. The number of benzene rings is 2. The number of aliphatic hydroxyl groups is 1. The molecule has 5 atom stereocenters. The summed E-state index contributed by atoms with van der Waals surface area (Å²) in [6.07, 6.45) is -1.06. The van der Waals surface area contributed by atoms with E-state index < -0.39 is 47.8 Å². The van der Waals surface area contributed by atoms with Gasteiger partial charge in [0.25, 0.3) is 5.91 Å². The number of halogens is 3. The van der Waals surface area contributed by atoms with Gasteiger partial charge in [0.15, 0.2) is 0 Å². The van der Waals surface area contributed by atoms with Crippen molar-refractivity contribution in [3.8, 4) is 11.3 Å². The summed E-state index contributed by atoms with van der Waals surface area (Å²) < 4.78 is 45.7. The molecule has 2 amide bonds. The minimum Gasteiger partial charge on any atom is -0.382 e. The van der Waals surface area contributed by atoms with Crippen LogP contribution >= 0.6 is 0 Å². The number of rotatable bonds is 6. The maximum Gasteiger partial charge on any atom is 0.253 e. The van der Waals surface area contributed by atoms with E-state index in [0.717, 1.165) is 23.8 Å². The van der Waals surface area contributed by atoms with Gasteiger partial charge in [-0.05, 0) is 23.8 Å². The number of carbonyl (C=O) groups is 2. The van der Waals surface area contributed by atoms with Gasteiger partial charge in [-0.1, -0.05) is 30.3 Å². The molecule has 8 nitrogen and oxygen atoms in total. The van der Waals surface area contributed by atoms with Gasteiger partial charge >= 0.3 is 0 Å². The summed E-state index contributed by atoms with van der Waals surface area (Å²) in [7, 11) is 0. The zero-order chi connectivity index (χ0) is 28.1. The highest BCUT2D eigenvalue weighted by Gasteiger charge is 2.53. The third kappa shape index (κ3) is 4.66. The smallest absolute Gasteiger partial charge is 0.253 e. The maximum atomic E-state index is 14.9. The number of amides is 2. The van der Waals surface area contributed by atoms with Crippen molar-refractivity contribution in [3.63, 3.8) is 0 Å². The second-order valence-electron chi connectivity index (χ2n) is 10.9. The number of carbonyl (C=O) groups excluding carboxylic acids is 2. The van der Waals surface area contributed by atoms with Crippen molar-refractivity contribution >= 4 is 11.8 Å². The van der Waals surface area contributed by atoms with Crippen LogP contribution in [0.2, 0.25) is 0 Å². The standard InChI is InChI=1S/C29H30F3N5O3/c1-16(38)35-12-18(13-35)26(37-14-21-23(32)10-33-25(21)27(39)29(37)40)28-34-24(20-9-19(30)7-8-22(20)31)15-36(28)11-17-5-3-2-4-6-17/h2-9,15,18,21,23,25-27,33,39H,10-14H2,1H3/t21-,23-,25?,26+,27-/m0/s1. The average Bonchev–Trinajstić information content (AvgIpc) is 3.48. The summed E-state index contributed by atoms with van der Waals surface area (Å²) in [5, 5.41) is 13.8. The summed E-state index contributed by atoms with van der Waals surface area (Å²) in [6, 6.07) is 11.2. The molecule has 210 valence electrons. The van der Waals surface area contributed by atoms with Gasteiger partial charge in [0.2, 0.25) is 5.91 Å². The Morgan fingerprint density at radius 3 is 2.62 bits per heavy atom. The van der Waals surface area contributed by atoms with Crippen molar-refractivity contribution in [3.05, 3.63) is 77.8 Å². The van der Waals surface area contributed by atoms with E-state index in [9.17, 15) is 27.9 Å². The van der Waals surface area contributed by atoms with Crippen LogP contribution in [0.15, 0.2) is 54.7 Å².